The number of amides is 2. The smallest absolute Gasteiger partial charge is 0.224 e. The van der Waals surface area contributed by atoms with Crippen LogP contribution in [0.4, 0.5) is 0 Å². The Morgan fingerprint density at radius 1 is 1.38 bits per heavy atom. The highest BCUT2D eigenvalue weighted by Gasteiger charge is 2.34. The minimum Gasteiger partial charge on any atom is -0.356 e. The lowest BCUT2D eigenvalue weighted by atomic mass is 9.95. The lowest BCUT2D eigenvalue weighted by Crippen LogP contribution is -2.49. The second-order valence-electron chi connectivity index (χ2n) is 7.00. The fourth-order valence-corrected chi connectivity index (χ4v) is 4.59. The van der Waals surface area contributed by atoms with Crippen LogP contribution in [0.5, 0.6) is 0 Å². The number of nitrogens with one attached hydrogen (secondary N) is 1. The van der Waals surface area contributed by atoms with Crippen molar-refractivity contribution in [1.29, 1.82) is 0 Å². The lowest BCUT2D eigenvalue weighted by molar-refractivity contribution is -0.140. The summed E-state index contributed by atoms with van der Waals surface area (Å²) in [4.78, 5) is 31.0. The van der Waals surface area contributed by atoms with Crippen LogP contribution in [-0.2, 0) is 16.0 Å². The van der Waals surface area contributed by atoms with Crippen molar-refractivity contribution in [2.75, 3.05) is 13.1 Å². The molecule has 132 valence electrons. The van der Waals surface area contributed by atoms with Gasteiger partial charge in [0.1, 0.15) is 0 Å². The summed E-state index contributed by atoms with van der Waals surface area (Å²) in [5.74, 6) is 0.316. The summed E-state index contributed by atoms with van der Waals surface area (Å²) < 4.78 is 0. The maximum absolute atomic E-state index is 12.4. The van der Waals surface area contributed by atoms with E-state index in [1.165, 1.54) is 12.8 Å². The fourth-order valence-electron chi connectivity index (χ4n) is 3.77. The first-order valence-electron chi connectivity index (χ1n) is 9.11. The zero-order chi connectivity index (χ0) is 16.9. The molecule has 1 aliphatic carbocycles. The Hall–Kier alpha value is -1.43. The van der Waals surface area contributed by atoms with E-state index in [4.69, 9.17) is 0 Å². The summed E-state index contributed by atoms with van der Waals surface area (Å²) in [6.45, 7) is 3.30. The Balaban J connectivity index is 1.41. The average Bonchev–Trinajstić information content (AvgIpc) is 3.23. The molecule has 1 saturated heterocycles. The van der Waals surface area contributed by atoms with Gasteiger partial charge >= 0.3 is 0 Å². The Bertz CT molecular complexity index is 581. The molecule has 24 heavy (non-hydrogen) atoms. The number of rotatable bonds is 6. The van der Waals surface area contributed by atoms with Gasteiger partial charge in [0.15, 0.2) is 0 Å². The number of piperidine rings is 1. The van der Waals surface area contributed by atoms with Crippen molar-refractivity contribution in [3.05, 3.63) is 16.1 Å². The molecule has 2 fully saturated rings. The van der Waals surface area contributed by atoms with E-state index in [0.717, 1.165) is 36.4 Å². The summed E-state index contributed by atoms with van der Waals surface area (Å²) in [5.41, 5.74) is 1.07. The van der Waals surface area contributed by atoms with Crippen molar-refractivity contribution in [2.45, 2.75) is 64.3 Å². The third-order valence-electron chi connectivity index (χ3n) is 5.11. The van der Waals surface area contributed by atoms with Gasteiger partial charge in [-0.3, -0.25) is 9.59 Å². The number of aromatic nitrogens is 1. The quantitative estimate of drug-likeness (QED) is 0.803. The monoisotopic (exact) mass is 349 g/mol. The van der Waals surface area contributed by atoms with Crippen LogP contribution in [0.15, 0.2) is 5.38 Å². The molecule has 2 amide bonds. The Morgan fingerprint density at radius 2 is 2.17 bits per heavy atom. The Kier molecular flexibility index (Phi) is 5.87. The van der Waals surface area contributed by atoms with Gasteiger partial charge in [0, 0.05) is 43.0 Å². The van der Waals surface area contributed by atoms with E-state index in [0.29, 0.717) is 32.0 Å². The molecular weight excluding hydrogens is 322 g/mol. The van der Waals surface area contributed by atoms with E-state index in [1.54, 1.807) is 11.3 Å². The molecule has 0 radical (unpaired) electrons. The summed E-state index contributed by atoms with van der Waals surface area (Å²) in [6.07, 6.45) is 7.67. The van der Waals surface area contributed by atoms with E-state index < -0.39 is 0 Å². The standard InChI is InChI=1S/C18H27N3O2S/c1-13-12-24-16(20-13)7-4-10-19-18(23)14-8-9-17(22)21(11-14)15-5-2-3-6-15/h12,14-15H,2-11H2,1H3,(H,19,23). The summed E-state index contributed by atoms with van der Waals surface area (Å²) >= 11 is 1.68. The first kappa shape index (κ1) is 17.4. The molecule has 6 heteroatoms. The van der Waals surface area contributed by atoms with E-state index in [-0.39, 0.29) is 17.7 Å². The van der Waals surface area contributed by atoms with Gasteiger partial charge in [-0.2, -0.15) is 0 Å². The van der Waals surface area contributed by atoms with E-state index in [2.05, 4.69) is 15.7 Å². The molecule has 1 unspecified atom stereocenters. The maximum Gasteiger partial charge on any atom is 0.224 e. The van der Waals surface area contributed by atoms with Crippen molar-refractivity contribution in [2.24, 2.45) is 5.92 Å². The first-order valence-corrected chi connectivity index (χ1v) is 9.99. The SMILES string of the molecule is Cc1csc(CCCNC(=O)C2CCC(=O)N(C3CCCC3)C2)n1. The van der Waals surface area contributed by atoms with Crippen LogP contribution in [-0.4, -0.2) is 40.8 Å². The molecule has 1 aromatic rings. The van der Waals surface area contributed by atoms with Crippen LogP contribution >= 0.6 is 11.3 Å². The number of likely N-dealkylation sites (tertiary alicyclic amines) is 1. The molecule has 2 aliphatic rings. The summed E-state index contributed by atoms with van der Waals surface area (Å²) in [5, 5.41) is 6.25. The van der Waals surface area contributed by atoms with Crippen LogP contribution in [0.2, 0.25) is 0 Å². The highest BCUT2D eigenvalue weighted by Crippen LogP contribution is 2.28. The lowest BCUT2D eigenvalue weighted by Gasteiger charge is -2.36. The van der Waals surface area contributed by atoms with Gasteiger partial charge < -0.3 is 10.2 Å². The zero-order valence-corrected chi connectivity index (χ0v) is 15.2. The maximum atomic E-state index is 12.4. The van der Waals surface area contributed by atoms with Gasteiger partial charge in [0.25, 0.3) is 0 Å². The molecule has 0 bridgehead atoms. The largest absolute Gasteiger partial charge is 0.356 e. The number of carbonyl (C=O) groups excluding carboxylic acids is 2. The molecular formula is C18H27N3O2S. The second kappa shape index (κ2) is 8.10. The van der Waals surface area contributed by atoms with E-state index in [1.807, 2.05) is 11.8 Å². The molecule has 1 N–H and O–H groups in total. The van der Waals surface area contributed by atoms with Gasteiger partial charge in [0.2, 0.25) is 11.8 Å². The van der Waals surface area contributed by atoms with E-state index in [9.17, 15) is 9.59 Å². The molecule has 0 spiro atoms. The van der Waals surface area contributed by atoms with Crippen molar-refractivity contribution >= 4 is 23.2 Å². The van der Waals surface area contributed by atoms with Crippen molar-refractivity contribution < 1.29 is 9.59 Å². The Morgan fingerprint density at radius 3 is 2.88 bits per heavy atom. The van der Waals surface area contributed by atoms with Crippen molar-refractivity contribution in [3.8, 4) is 0 Å². The first-order chi connectivity index (χ1) is 11.6. The summed E-state index contributed by atoms with van der Waals surface area (Å²) in [6, 6.07) is 0.376. The highest BCUT2D eigenvalue weighted by molar-refractivity contribution is 7.09. The minimum absolute atomic E-state index is 0.0367. The van der Waals surface area contributed by atoms with Crippen LogP contribution in [0.1, 0.15) is 55.6 Å². The number of nitrogens with zero attached hydrogens (tertiary/aromatic N) is 2. The average molecular weight is 350 g/mol. The predicted molar refractivity (Wildman–Crippen MR) is 94.9 cm³/mol. The molecule has 1 aliphatic heterocycles. The number of carbonyl (C=O) groups is 2. The summed E-state index contributed by atoms with van der Waals surface area (Å²) in [7, 11) is 0. The molecule has 1 saturated carbocycles. The zero-order valence-electron chi connectivity index (χ0n) is 14.4. The fraction of sp³-hybridized carbons (Fsp3) is 0.722. The molecule has 5 nitrogen and oxygen atoms in total. The van der Waals surface area contributed by atoms with Crippen LogP contribution in [0.3, 0.4) is 0 Å². The third kappa shape index (κ3) is 4.35. The Labute approximate surface area is 147 Å². The molecule has 1 atom stereocenters. The van der Waals surface area contributed by atoms with Crippen LogP contribution in [0.25, 0.3) is 0 Å². The second-order valence-corrected chi connectivity index (χ2v) is 7.94. The van der Waals surface area contributed by atoms with Gasteiger partial charge in [-0.25, -0.2) is 4.98 Å². The number of aryl methyl sites for hydroxylation is 2. The normalized spacial score (nSPS) is 22.1. The van der Waals surface area contributed by atoms with E-state index >= 15 is 0 Å². The van der Waals surface area contributed by atoms with Crippen LogP contribution < -0.4 is 5.32 Å². The molecule has 0 aromatic carbocycles. The number of hydrogen-bond acceptors (Lipinski definition) is 4. The predicted octanol–water partition coefficient (Wildman–Crippen LogP) is 2.68. The topological polar surface area (TPSA) is 62.3 Å². The molecule has 3 rings (SSSR count). The minimum atomic E-state index is -0.0367. The van der Waals surface area contributed by atoms with Gasteiger partial charge in [-0.15, -0.1) is 11.3 Å². The van der Waals surface area contributed by atoms with Crippen molar-refractivity contribution in [1.82, 2.24) is 15.2 Å². The number of hydrogen-bond donors (Lipinski definition) is 1. The highest BCUT2D eigenvalue weighted by atomic mass is 32.1. The van der Waals surface area contributed by atoms with Gasteiger partial charge in [0.05, 0.1) is 10.9 Å². The molecule has 1 aromatic heterocycles. The van der Waals surface area contributed by atoms with Crippen molar-refractivity contribution in [3.63, 3.8) is 0 Å². The third-order valence-corrected chi connectivity index (χ3v) is 6.14. The van der Waals surface area contributed by atoms with Gasteiger partial charge in [-0.1, -0.05) is 12.8 Å². The number of thiazole rings is 1. The molecule has 2 heterocycles. The van der Waals surface area contributed by atoms with Crippen LogP contribution in [0, 0.1) is 12.8 Å². The van der Waals surface area contributed by atoms with Gasteiger partial charge in [-0.05, 0) is 32.6 Å².